The lowest BCUT2D eigenvalue weighted by atomic mass is 10.1. The Balaban J connectivity index is 1.50. The molecule has 9 heteroatoms. The van der Waals surface area contributed by atoms with Crippen molar-refractivity contribution >= 4 is 23.5 Å². The van der Waals surface area contributed by atoms with E-state index < -0.39 is 0 Å². The summed E-state index contributed by atoms with van der Waals surface area (Å²) in [5.74, 6) is -0.182. The van der Waals surface area contributed by atoms with E-state index >= 15 is 0 Å². The van der Waals surface area contributed by atoms with Gasteiger partial charge in [0, 0.05) is 24.8 Å². The molecule has 0 bridgehead atoms. The summed E-state index contributed by atoms with van der Waals surface area (Å²) in [6.45, 7) is 3.19. The largest absolute Gasteiger partial charge is 0.450 e. The molecule has 0 atom stereocenters. The van der Waals surface area contributed by atoms with Crippen LogP contribution < -0.4 is 10.6 Å². The molecule has 2 heterocycles. The number of anilines is 2. The maximum absolute atomic E-state index is 12.9. The lowest BCUT2D eigenvalue weighted by Crippen LogP contribution is -2.46. The van der Waals surface area contributed by atoms with Crippen molar-refractivity contribution in [2.24, 2.45) is 0 Å². The highest BCUT2D eigenvalue weighted by atomic mass is 19.1. The molecular formula is C19H22FN5O3. The molecular weight excluding hydrogens is 365 g/mol. The van der Waals surface area contributed by atoms with E-state index in [1.807, 2.05) is 0 Å². The van der Waals surface area contributed by atoms with Crippen LogP contribution in [0.5, 0.6) is 0 Å². The van der Waals surface area contributed by atoms with Crippen LogP contribution in [0.2, 0.25) is 0 Å². The normalized spacial score (nSPS) is 14.4. The summed E-state index contributed by atoms with van der Waals surface area (Å²) in [6.07, 6.45) is 0.993. The van der Waals surface area contributed by atoms with Crippen LogP contribution >= 0.6 is 0 Å². The van der Waals surface area contributed by atoms with Gasteiger partial charge in [0.05, 0.1) is 6.61 Å². The Morgan fingerprint density at radius 3 is 2.46 bits per heavy atom. The Bertz CT molecular complexity index is 805. The second kappa shape index (κ2) is 9.12. The number of hydrogen-bond acceptors (Lipinski definition) is 6. The van der Waals surface area contributed by atoms with Gasteiger partial charge < -0.3 is 20.3 Å². The summed E-state index contributed by atoms with van der Waals surface area (Å²) in [5.41, 5.74) is 0.874. The maximum atomic E-state index is 12.9. The predicted molar refractivity (Wildman–Crippen MR) is 101 cm³/mol. The number of amides is 2. The summed E-state index contributed by atoms with van der Waals surface area (Å²) in [6, 6.07) is 9.02. The Morgan fingerprint density at radius 2 is 1.86 bits per heavy atom. The molecule has 8 nitrogen and oxygen atoms in total. The fourth-order valence-electron chi connectivity index (χ4n) is 2.88. The van der Waals surface area contributed by atoms with Gasteiger partial charge in [-0.25, -0.2) is 9.18 Å². The number of aromatic nitrogens is 2. The van der Waals surface area contributed by atoms with Crippen LogP contribution in [0.3, 0.4) is 0 Å². The monoisotopic (exact) mass is 387 g/mol. The molecule has 2 amide bonds. The third-order valence-corrected chi connectivity index (χ3v) is 4.37. The lowest BCUT2D eigenvalue weighted by Gasteiger charge is -2.31. The third kappa shape index (κ3) is 5.15. The van der Waals surface area contributed by atoms with Gasteiger partial charge in [-0.3, -0.25) is 4.79 Å². The Kier molecular flexibility index (Phi) is 6.36. The molecule has 0 aliphatic carbocycles. The molecule has 1 aliphatic rings. The second-order valence-corrected chi connectivity index (χ2v) is 6.37. The highest BCUT2D eigenvalue weighted by Gasteiger charge is 2.25. The van der Waals surface area contributed by atoms with Crippen LogP contribution in [-0.2, 0) is 4.74 Å². The standard InChI is InChI=1S/C19H22FN5O3/c1-2-28-19(27)25-11-9-15(10-12-25)22-18(26)16-7-8-17(24-23-16)21-14-5-3-13(20)4-6-14/h3-8,15H,2,9-12H2,1H3,(H,21,24)(H,22,26). The lowest BCUT2D eigenvalue weighted by molar-refractivity contribution is 0.0856. The van der Waals surface area contributed by atoms with E-state index in [4.69, 9.17) is 4.74 Å². The fourth-order valence-corrected chi connectivity index (χ4v) is 2.88. The van der Waals surface area contributed by atoms with E-state index in [-0.39, 0.29) is 29.6 Å². The number of hydrogen-bond donors (Lipinski definition) is 2. The van der Waals surface area contributed by atoms with E-state index in [0.29, 0.717) is 44.0 Å². The third-order valence-electron chi connectivity index (χ3n) is 4.37. The summed E-state index contributed by atoms with van der Waals surface area (Å²) in [4.78, 5) is 25.7. The molecule has 2 N–H and O–H groups in total. The minimum atomic E-state index is -0.322. The Hall–Kier alpha value is -3.23. The SMILES string of the molecule is CCOC(=O)N1CCC(NC(=O)c2ccc(Nc3ccc(F)cc3)nn2)CC1. The zero-order valence-electron chi connectivity index (χ0n) is 15.5. The van der Waals surface area contributed by atoms with Crippen molar-refractivity contribution in [3.8, 4) is 0 Å². The van der Waals surface area contributed by atoms with E-state index in [9.17, 15) is 14.0 Å². The molecule has 0 spiro atoms. The number of carbonyl (C=O) groups is 2. The van der Waals surface area contributed by atoms with Crippen LogP contribution in [0.25, 0.3) is 0 Å². The van der Waals surface area contributed by atoms with E-state index in [0.717, 1.165) is 0 Å². The molecule has 3 rings (SSSR count). The molecule has 0 radical (unpaired) electrons. The van der Waals surface area contributed by atoms with Crippen molar-refractivity contribution in [1.29, 1.82) is 0 Å². The van der Waals surface area contributed by atoms with Gasteiger partial charge in [0.1, 0.15) is 5.82 Å². The van der Waals surface area contributed by atoms with E-state index in [1.165, 1.54) is 12.1 Å². The van der Waals surface area contributed by atoms with Gasteiger partial charge in [-0.15, -0.1) is 10.2 Å². The molecule has 0 saturated carbocycles. The first-order valence-electron chi connectivity index (χ1n) is 9.14. The molecule has 1 saturated heterocycles. The van der Waals surface area contributed by atoms with Gasteiger partial charge in [-0.1, -0.05) is 0 Å². The van der Waals surface area contributed by atoms with Crippen molar-refractivity contribution in [3.63, 3.8) is 0 Å². The highest BCUT2D eigenvalue weighted by molar-refractivity contribution is 5.92. The smallest absolute Gasteiger partial charge is 0.409 e. The average molecular weight is 387 g/mol. The van der Waals surface area contributed by atoms with Crippen LogP contribution in [0.15, 0.2) is 36.4 Å². The number of nitrogens with zero attached hydrogens (tertiary/aromatic N) is 3. The molecule has 0 unspecified atom stereocenters. The summed E-state index contributed by atoms with van der Waals surface area (Å²) < 4.78 is 17.9. The van der Waals surface area contributed by atoms with E-state index in [1.54, 1.807) is 36.1 Å². The number of rotatable bonds is 5. The van der Waals surface area contributed by atoms with Gasteiger partial charge in [0.25, 0.3) is 5.91 Å². The quantitative estimate of drug-likeness (QED) is 0.819. The summed E-state index contributed by atoms with van der Waals surface area (Å²) in [7, 11) is 0. The number of piperidine rings is 1. The minimum Gasteiger partial charge on any atom is -0.450 e. The first kappa shape index (κ1) is 19.5. The highest BCUT2D eigenvalue weighted by Crippen LogP contribution is 2.15. The first-order valence-corrected chi connectivity index (χ1v) is 9.14. The van der Waals surface area contributed by atoms with Crippen molar-refractivity contribution in [3.05, 3.63) is 47.9 Å². The van der Waals surface area contributed by atoms with Gasteiger partial charge in [-0.2, -0.15) is 0 Å². The average Bonchev–Trinajstić information content (AvgIpc) is 2.71. The van der Waals surface area contributed by atoms with Crippen LogP contribution in [-0.4, -0.2) is 52.8 Å². The molecule has 1 fully saturated rings. The molecule has 2 aromatic rings. The number of nitrogens with one attached hydrogen (secondary N) is 2. The predicted octanol–water partition coefficient (Wildman–Crippen LogP) is 2.71. The number of carbonyl (C=O) groups excluding carboxylic acids is 2. The van der Waals surface area contributed by atoms with Crippen molar-refractivity contribution in [2.75, 3.05) is 25.0 Å². The molecule has 1 aromatic heterocycles. The summed E-state index contributed by atoms with van der Waals surface area (Å²) >= 11 is 0. The minimum absolute atomic E-state index is 0.0306. The van der Waals surface area contributed by atoms with Crippen molar-refractivity contribution in [1.82, 2.24) is 20.4 Å². The number of benzene rings is 1. The van der Waals surface area contributed by atoms with Gasteiger partial charge in [0.15, 0.2) is 11.5 Å². The molecule has 28 heavy (non-hydrogen) atoms. The first-order chi connectivity index (χ1) is 13.5. The van der Waals surface area contributed by atoms with Gasteiger partial charge in [0.2, 0.25) is 0 Å². The second-order valence-electron chi connectivity index (χ2n) is 6.37. The molecule has 148 valence electrons. The number of halogens is 1. The van der Waals surface area contributed by atoms with Gasteiger partial charge in [-0.05, 0) is 56.2 Å². The fraction of sp³-hybridized carbons (Fsp3) is 0.368. The number of likely N-dealkylation sites (tertiary alicyclic amines) is 1. The van der Waals surface area contributed by atoms with Crippen LogP contribution in [0.4, 0.5) is 20.7 Å². The Morgan fingerprint density at radius 1 is 1.14 bits per heavy atom. The van der Waals surface area contributed by atoms with Crippen LogP contribution in [0.1, 0.15) is 30.3 Å². The molecule has 1 aromatic carbocycles. The van der Waals surface area contributed by atoms with Crippen molar-refractivity contribution < 1.29 is 18.7 Å². The topological polar surface area (TPSA) is 96.5 Å². The molecule has 1 aliphatic heterocycles. The zero-order valence-corrected chi connectivity index (χ0v) is 15.5. The van der Waals surface area contributed by atoms with E-state index in [2.05, 4.69) is 20.8 Å². The van der Waals surface area contributed by atoms with Crippen molar-refractivity contribution in [2.45, 2.75) is 25.8 Å². The van der Waals surface area contributed by atoms with Crippen LogP contribution in [0, 0.1) is 5.82 Å². The zero-order chi connectivity index (χ0) is 19.9. The Labute approximate surface area is 162 Å². The van der Waals surface area contributed by atoms with Gasteiger partial charge >= 0.3 is 6.09 Å². The summed E-state index contributed by atoms with van der Waals surface area (Å²) in [5, 5.41) is 13.8. The maximum Gasteiger partial charge on any atom is 0.409 e. The number of ether oxygens (including phenoxy) is 1.